The Morgan fingerprint density at radius 1 is 1.43 bits per heavy atom. The van der Waals surface area contributed by atoms with Gasteiger partial charge in [-0.25, -0.2) is 0 Å². The van der Waals surface area contributed by atoms with E-state index in [9.17, 15) is 0 Å². The molecule has 0 aliphatic carbocycles. The van der Waals surface area contributed by atoms with Gasteiger partial charge in [0.15, 0.2) is 0 Å². The van der Waals surface area contributed by atoms with Gasteiger partial charge in [-0.05, 0) is 36.7 Å². The van der Waals surface area contributed by atoms with Crippen molar-refractivity contribution < 1.29 is 4.74 Å². The molecule has 0 saturated heterocycles. The molecule has 14 heavy (non-hydrogen) atoms. The fraction of sp³-hybridized carbons (Fsp3) is 0.455. The van der Waals surface area contributed by atoms with Crippen molar-refractivity contribution in [1.82, 2.24) is 0 Å². The van der Waals surface area contributed by atoms with E-state index in [0.717, 1.165) is 38.3 Å². The lowest BCUT2D eigenvalue weighted by molar-refractivity contribution is 0.357. The van der Waals surface area contributed by atoms with E-state index in [4.69, 9.17) is 10.5 Å². The minimum atomic E-state index is 0.737. The number of rotatable bonds is 4. The van der Waals surface area contributed by atoms with E-state index in [-0.39, 0.29) is 0 Å². The highest BCUT2D eigenvalue weighted by atomic mass is 16.5. The Morgan fingerprint density at radius 2 is 2.36 bits per heavy atom. The maximum absolute atomic E-state index is 5.43. The fourth-order valence-corrected chi connectivity index (χ4v) is 1.63. The van der Waals surface area contributed by atoms with Gasteiger partial charge in [0.2, 0.25) is 0 Å². The highest BCUT2D eigenvalue weighted by molar-refractivity contribution is 5.52. The van der Waals surface area contributed by atoms with Crippen molar-refractivity contribution in [2.45, 2.75) is 12.8 Å². The molecular weight excluding hydrogens is 176 g/mol. The number of nitrogens with two attached hydrogens (primary N) is 1. The number of anilines is 1. The molecule has 1 heterocycles. The van der Waals surface area contributed by atoms with Crippen LogP contribution in [0.25, 0.3) is 0 Å². The molecule has 0 unspecified atom stereocenters. The zero-order chi connectivity index (χ0) is 9.80. The fourth-order valence-electron chi connectivity index (χ4n) is 1.63. The monoisotopic (exact) mass is 192 g/mol. The van der Waals surface area contributed by atoms with Crippen LogP contribution in [0.3, 0.4) is 0 Å². The van der Waals surface area contributed by atoms with Crippen LogP contribution in [0.15, 0.2) is 18.2 Å². The van der Waals surface area contributed by atoms with Gasteiger partial charge in [0.05, 0.1) is 6.61 Å². The molecule has 1 aliphatic rings. The van der Waals surface area contributed by atoms with Crippen LogP contribution in [0.1, 0.15) is 12.0 Å². The average molecular weight is 192 g/mol. The lowest BCUT2D eigenvalue weighted by Crippen LogP contribution is -2.08. The van der Waals surface area contributed by atoms with E-state index in [1.54, 1.807) is 0 Å². The van der Waals surface area contributed by atoms with Crippen molar-refractivity contribution in [2.24, 2.45) is 5.73 Å². The molecule has 0 amide bonds. The smallest absolute Gasteiger partial charge is 0.122 e. The van der Waals surface area contributed by atoms with Crippen LogP contribution in [-0.2, 0) is 6.42 Å². The van der Waals surface area contributed by atoms with Crippen LogP contribution in [0.4, 0.5) is 5.69 Å². The lowest BCUT2D eigenvalue weighted by Gasteiger charge is -2.06. The molecule has 0 fully saturated rings. The first-order valence-corrected chi connectivity index (χ1v) is 5.10. The Bertz CT molecular complexity index is 312. The molecular formula is C11H16N2O. The number of hydrogen-bond donors (Lipinski definition) is 2. The molecule has 0 radical (unpaired) electrons. The van der Waals surface area contributed by atoms with Gasteiger partial charge in [-0.15, -0.1) is 0 Å². The lowest BCUT2D eigenvalue weighted by atomic mass is 10.1. The van der Waals surface area contributed by atoms with Crippen LogP contribution < -0.4 is 15.8 Å². The predicted octanol–water partition coefficient (Wildman–Crippen LogP) is 1.38. The van der Waals surface area contributed by atoms with Crippen LogP contribution in [0.5, 0.6) is 5.75 Å². The van der Waals surface area contributed by atoms with E-state index in [1.165, 1.54) is 11.3 Å². The summed E-state index contributed by atoms with van der Waals surface area (Å²) in [6, 6.07) is 6.26. The van der Waals surface area contributed by atoms with Gasteiger partial charge in [-0.3, -0.25) is 0 Å². The van der Waals surface area contributed by atoms with Crippen molar-refractivity contribution >= 4 is 5.69 Å². The SMILES string of the molecule is NCCCNc1ccc2c(c1)CCO2. The van der Waals surface area contributed by atoms with E-state index >= 15 is 0 Å². The van der Waals surface area contributed by atoms with Crippen molar-refractivity contribution in [3.8, 4) is 5.75 Å². The van der Waals surface area contributed by atoms with Gasteiger partial charge in [-0.1, -0.05) is 0 Å². The van der Waals surface area contributed by atoms with Crippen molar-refractivity contribution in [3.05, 3.63) is 23.8 Å². The predicted molar refractivity (Wildman–Crippen MR) is 57.8 cm³/mol. The van der Waals surface area contributed by atoms with E-state index in [2.05, 4.69) is 17.4 Å². The number of benzene rings is 1. The summed E-state index contributed by atoms with van der Waals surface area (Å²) in [5, 5.41) is 3.34. The first-order valence-electron chi connectivity index (χ1n) is 5.10. The van der Waals surface area contributed by atoms with Crippen LogP contribution in [0, 0.1) is 0 Å². The van der Waals surface area contributed by atoms with Crippen molar-refractivity contribution in [1.29, 1.82) is 0 Å². The number of nitrogens with one attached hydrogen (secondary N) is 1. The topological polar surface area (TPSA) is 47.3 Å². The second-order valence-corrected chi connectivity index (χ2v) is 3.49. The first-order chi connectivity index (χ1) is 6.90. The third kappa shape index (κ3) is 1.99. The summed E-state index contributed by atoms with van der Waals surface area (Å²) < 4.78 is 5.43. The summed E-state index contributed by atoms with van der Waals surface area (Å²) in [4.78, 5) is 0. The second kappa shape index (κ2) is 4.33. The van der Waals surface area contributed by atoms with Crippen molar-refractivity contribution in [2.75, 3.05) is 25.0 Å². The minimum Gasteiger partial charge on any atom is -0.493 e. The second-order valence-electron chi connectivity index (χ2n) is 3.49. The summed E-state index contributed by atoms with van der Waals surface area (Å²) in [6.45, 7) is 2.50. The Labute approximate surface area is 84.3 Å². The zero-order valence-corrected chi connectivity index (χ0v) is 8.25. The van der Waals surface area contributed by atoms with Gasteiger partial charge in [0.25, 0.3) is 0 Å². The molecule has 76 valence electrons. The maximum Gasteiger partial charge on any atom is 0.122 e. The molecule has 0 atom stereocenters. The van der Waals surface area contributed by atoms with Gasteiger partial charge in [0.1, 0.15) is 5.75 Å². The quantitative estimate of drug-likeness (QED) is 0.708. The molecule has 0 spiro atoms. The standard InChI is InChI=1S/C11H16N2O/c12-5-1-6-13-10-2-3-11-9(8-10)4-7-14-11/h2-3,8,13H,1,4-7,12H2. The summed E-state index contributed by atoms with van der Waals surface area (Å²) in [5.41, 5.74) is 7.90. The molecule has 1 aromatic carbocycles. The Morgan fingerprint density at radius 3 is 3.21 bits per heavy atom. The zero-order valence-electron chi connectivity index (χ0n) is 8.25. The molecule has 3 heteroatoms. The molecule has 1 aromatic rings. The van der Waals surface area contributed by atoms with E-state index in [1.807, 2.05) is 6.07 Å². The highest BCUT2D eigenvalue weighted by Crippen LogP contribution is 2.27. The summed E-state index contributed by atoms with van der Waals surface area (Å²) in [5.74, 6) is 1.04. The van der Waals surface area contributed by atoms with Gasteiger partial charge in [0, 0.05) is 18.7 Å². The molecule has 1 aliphatic heterocycles. The average Bonchev–Trinajstić information content (AvgIpc) is 2.65. The largest absolute Gasteiger partial charge is 0.493 e. The normalized spacial score (nSPS) is 13.5. The maximum atomic E-state index is 5.43. The van der Waals surface area contributed by atoms with Crippen LogP contribution in [-0.4, -0.2) is 19.7 Å². The van der Waals surface area contributed by atoms with Gasteiger partial charge in [-0.2, -0.15) is 0 Å². The minimum absolute atomic E-state index is 0.737. The molecule has 0 aromatic heterocycles. The third-order valence-electron chi connectivity index (χ3n) is 2.40. The van der Waals surface area contributed by atoms with Crippen LogP contribution >= 0.6 is 0 Å². The number of ether oxygens (including phenoxy) is 1. The van der Waals surface area contributed by atoms with Crippen LogP contribution in [0.2, 0.25) is 0 Å². The van der Waals surface area contributed by atoms with E-state index in [0.29, 0.717) is 0 Å². The third-order valence-corrected chi connectivity index (χ3v) is 2.40. The number of hydrogen-bond acceptors (Lipinski definition) is 3. The number of fused-ring (bicyclic) bond motifs is 1. The molecule has 0 bridgehead atoms. The molecule has 3 N–H and O–H groups in total. The highest BCUT2D eigenvalue weighted by Gasteiger charge is 2.11. The van der Waals surface area contributed by atoms with Crippen molar-refractivity contribution in [3.63, 3.8) is 0 Å². The Kier molecular flexibility index (Phi) is 2.89. The Hall–Kier alpha value is -1.22. The summed E-state index contributed by atoms with van der Waals surface area (Å²) in [7, 11) is 0. The van der Waals surface area contributed by atoms with E-state index < -0.39 is 0 Å². The summed E-state index contributed by atoms with van der Waals surface area (Å²) >= 11 is 0. The molecule has 0 saturated carbocycles. The first kappa shape index (κ1) is 9.34. The van der Waals surface area contributed by atoms with Gasteiger partial charge < -0.3 is 15.8 Å². The molecule has 3 nitrogen and oxygen atoms in total. The molecule has 2 rings (SSSR count). The Balaban J connectivity index is 1.98. The summed E-state index contributed by atoms with van der Waals surface area (Å²) in [6.07, 6.45) is 2.04. The van der Waals surface area contributed by atoms with Gasteiger partial charge >= 0.3 is 0 Å².